The molecule has 6 heteroatoms. The first-order valence-corrected chi connectivity index (χ1v) is 9.96. The van der Waals surface area contributed by atoms with Crippen molar-refractivity contribution in [2.24, 2.45) is 5.92 Å². The van der Waals surface area contributed by atoms with Gasteiger partial charge >= 0.3 is 0 Å². The van der Waals surface area contributed by atoms with E-state index in [0.717, 1.165) is 16.6 Å². The molecule has 0 aliphatic rings. The van der Waals surface area contributed by atoms with Crippen molar-refractivity contribution in [3.63, 3.8) is 0 Å². The molecule has 0 saturated heterocycles. The van der Waals surface area contributed by atoms with Gasteiger partial charge < -0.3 is 15.6 Å². The molecule has 0 fully saturated rings. The summed E-state index contributed by atoms with van der Waals surface area (Å²) >= 11 is 0. The van der Waals surface area contributed by atoms with Gasteiger partial charge in [-0.25, -0.2) is 4.98 Å². The number of fused-ring (bicyclic) bond motifs is 1. The van der Waals surface area contributed by atoms with Crippen molar-refractivity contribution in [1.82, 2.24) is 20.6 Å². The van der Waals surface area contributed by atoms with Crippen LogP contribution in [0.15, 0.2) is 48.5 Å². The number of hydrogen-bond donors (Lipinski definition) is 3. The fourth-order valence-electron chi connectivity index (χ4n) is 3.33. The summed E-state index contributed by atoms with van der Waals surface area (Å²) in [6, 6.07) is 14.2. The first kappa shape index (κ1) is 20.6. The van der Waals surface area contributed by atoms with Crippen LogP contribution < -0.4 is 10.6 Å². The molecule has 1 aromatic heterocycles. The van der Waals surface area contributed by atoms with Crippen LogP contribution in [0.5, 0.6) is 0 Å². The molecule has 3 rings (SSSR count). The number of carbonyl (C=O) groups excluding carboxylic acids is 2. The largest absolute Gasteiger partial charge is 0.345 e. The predicted molar refractivity (Wildman–Crippen MR) is 115 cm³/mol. The van der Waals surface area contributed by atoms with Gasteiger partial charge in [0, 0.05) is 5.56 Å². The van der Waals surface area contributed by atoms with Gasteiger partial charge in [-0.2, -0.15) is 0 Å². The molecule has 0 aliphatic heterocycles. The Morgan fingerprint density at radius 3 is 2.38 bits per heavy atom. The van der Waals surface area contributed by atoms with E-state index >= 15 is 0 Å². The molecule has 29 heavy (non-hydrogen) atoms. The van der Waals surface area contributed by atoms with Gasteiger partial charge in [0.25, 0.3) is 5.91 Å². The Kier molecular flexibility index (Phi) is 6.32. The highest BCUT2D eigenvalue weighted by Crippen LogP contribution is 2.16. The quantitative estimate of drug-likeness (QED) is 0.570. The van der Waals surface area contributed by atoms with Crippen molar-refractivity contribution in [3.05, 3.63) is 65.5 Å². The van der Waals surface area contributed by atoms with Crippen molar-refractivity contribution in [3.8, 4) is 0 Å². The normalized spacial score (nSPS) is 13.3. The lowest BCUT2D eigenvalue weighted by molar-refractivity contribution is -0.124. The number of benzene rings is 2. The summed E-state index contributed by atoms with van der Waals surface area (Å²) in [5.74, 6) is 0.492. The molecular formula is C23H28N4O2. The number of aryl methyl sites for hydroxylation is 1. The predicted octanol–water partition coefficient (Wildman–Crippen LogP) is 3.89. The van der Waals surface area contributed by atoms with Crippen molar-refractivity contribution in [2.45, 2.75) is 46.2 Å². The van der Waals surface area contributed by atoms with Gasteiger partial charge in [-0.05, 0) is 49.9 Å². The zero-order valence-electron chi connectivity index (χ0n) is 17.3. The van der Waals surface area contributed by atoms with Gasteiger partial charge in [-0.1, -0.05) is 44.2 Å². The number of aromatic amines is 1. The summed E-state index contributed by atoms with van der Waals surface area (Å²) in [4.78, 5) is 33.5. The Hall–Kier alpha value is -3.15. The van der Waals surface area contributed by atoms with Crippen molar-refractivity contribution in [1.29, 1.82) is 0 Å². The van der Waals surface area contributed by atoms with Gasteiger partial charge in [-0.15, -0.1) is 0 Å². The molecule has 152 valence electrons. The van der Waals surface area contributed by atoms with E-state index in [1.54, 1.807) is 6.07 Å². The summed E-state index contributed by atoms with van der Waals surface area (Å²) in [5.41, 5.74) is 3.24. The van der Waals surface area contributed by atoms with E-state index < -0.39 is 6.04 Å². The SMILES string of the molecule is Cc1ccccc1C(=O)NC(CC(C)C)C(=O)NC(C)c1nc2ccccc2[nH]1. The smallest absolute Gasteiger partial charge is 0.252 e. The van der Waals surface area contributed by atoms with Crippen molar-refractivity contribution >= 4 is 22.8 Å². The van der Waals surface area contributed by atoms with Crippen LogP contribution in [-0.2, 0) is 4.79 Å². The molecular weight excluding hydrogens is 364 g/mol. The summed E-state index contributed by atoms with van der Waals surface area (Å²) in [6.45, 7) is 7.83. The monoisotopic (exact) mass is 392 g/mol. The Morgan fingerprint density at radius 1 is 1.00 bits per heavy atom. The number of nitrogens with zero attached hydrogens (tertiary/aromatic N) is 1. The number of carbonyl (C=O) groups is 2. The van der Waals surface area contributed by atoms with Crippen LogP contribution in [0.25, 0.3) is 11.0 Å². The Balaban J connectivity index is 1.72. The third-order valence-electron chi connectivity index (χ3n) is 4.90. The minimum Gasteiger partial charge on any atom is -0.345 e. The second-order valence-corrected chi connectivity index (χ2v) is 7.84. The highest BCUT2D eigenvalue weighted by atomic mass is 16.2. The van der Waals surface area contributed by atoms with Crippen molar-refractivity contribution in [2.75, 3.05) is 0 Å². The molecule has 6 nitrogen and oxygen atoms in total. The first-order chi connectivity index (χ1) is 13.8. The maximum atomic E-state index is 13.0. The van der Waals surface area contributed by atoms with Crippen LogP contribution >= 0.6 is 0 Å². The summed E-state index contributed by atoms with van der Waals surface area (Å²) in [7, 11) is 0. The number of aromatic nitrogens is 2. The first-order valence-electron chi connectivity index (χ1n) is 9.96. The lowest BCUT2D eigenvalue weighted by Crippen LogP contribution is -2.48. The minimum atomic E-state index is -0.617. The molecule has 2 aromatic carbocycles. The van der Waals surface area contributed by atoms with Gasteiger partial charge in [0.15, 0.2) is 0 Å². The molecule has 2 atom stereocenters. The standard InChI is InChI=1S/C23H28N4O2/c1-14(2)13-20(27-22(28)17-10-6-5-9-15(17)3)23(29)24-16(4)21-25-18-11-7-8-12-19(18)26-21/h5-12,14,16,20H,13H2,1-4H3,(H,24,29)(H,25,26)(H,27,28). The second kappa shape index (κ2) is 8.90. The van der Waals surface area contributed by atoms with E-state index in [1.165, 1.54) is 0 Å². The maximum Gasteiger partial charge on any atom is 0.252 e. The van der Waals surface area contributed by atoms with Crippen LogP contribution in [0.4, 0.5) is 0 Å². The van der Waals surface area contributed by atoms with E-state index in [9.17, 15) is 9.59 Å². The van der Waals surface area contributed by atoms with Crippen LogP contribution in [0.2, 0.25) is 0 Å². The fourth-order valence-corrected chi connectivity index (χ4v) is 3.33. The lowest BCUT2D eigenvalue weighted by Gasteiger charge is -2.22. The number of nitrogens with one attached hydrogen (secondary N) is 3. The van der Waals surface area contributed by atoms with Crippen LogP contribution in [0.3, 0.4) is 0 Å². The number of amides is 2. The van der Waals surface area contributed by atoms with Crippen LogP contribution in [0, 0.1) is 12.8 Å². The molecule has 0 spiro atoms. The molecule has 2 amide bonds. The van der Waals surface area contributed by atoms with Gasteiger partial charge in [0.1, 0.15) is 11.9 Å². The summed E-state index contributed by atoms with van der Waals surface area (Å²) in [6.07, 6.45) is 0.552. The third-order valence-corrected chi connectivity index (χ3v) is 4.90. The Bertz CT molecular complexity index is 976. The average Bonchev–Trinajstić information content (AvgIpc) is 3.11. The van der Waals surface area contributed by atoms with E-state index in [0.29, 0.717) is 17.8 Å². The molecule has 0 radical (unpaired) electrons. The molecule has 0 saturated carbocycles. The zero-order valence-corrected chi connectivity index (χ0v) is 17.3. The highest BCUT2D eigenvalue weighted by molar-refractivity contribution is 5.98. The number of imidazole rings is 1. The van der Waals surface area contributed by atoms with E-state index in [4.69, 9.17) is 0 Å². The Morgan fingerprint density at radius 2 is 1.69 bits per heavy atom. The van der Waals surface area contributed by atoms with Gasteiger partial charge in [0.2, 0.25) is 5.91 Å². The lowest BCUT2D eigenvalue weighted by atomic mass is 10.0. The van der Waals surface area contributed by atoms with Gasteiger partial charge in [-0.3, -0.25) is 9.59 Å². The number of H-pyrrole nitrogens is 1. The summed E-state index contributed by atoms with van der Waals surface area (Å²) < 4.78 is 0. The third kappa shape index (κ3) is 5.02. The number of rotatable bonds is 7. The average molecular weight is 393 g/mol. The summed E-state index contributed by atoms with van der Waals surface area (Å²) in [5, 5.41) is 5.89. The van der Waals surface area contributed by atoms with Crippen LogP contribution in [-0.4, -0.2) is 27.8 Å². The molecule has 2 unspecified atom stereocenters. The Labute approximate surface area is 171 Å². The second-order valence-electron chi connectivity index (χ2n) is 7.84. The van der Waals surface area contributed by atoms with Crippen molar-refractivity contribution < 1.29 is 9.59 Å². The molecule has 3 aromatic rings. The number of hydrogen-bond acceptors (Lipinski definition) is 3. The van der Waals surface area contributed by atoms with E-state index in [1.807, 2.05) is 70.2 Å². The molecule has 3 N–H and O–H groups in total. The fraction of sp³-hybridized carbons (Fsp3) is 0.348. The van der Waals surface area contributed by atoms with E-state index in [-0.39, 0.29) is 23.8 Å². The zero-order chi connectivity index (χ0) is 21.0. The maximum absolute atomic E-state index is 13.0. The van der Waals surface area contributed by atoms with E-state index in [2.05, 4.69) is 20.6 Å². The minimum absolute atomic E-state index is 0.214. The molecule has 0 aliphatic carbocycles. The molecule has 0 bridgehead atoms. The van der Waals surface area contributed by atoms with Crippen LogP contribution in [0.1, 0.15) is 55.0 Å². The number of para-hydroxylation sites is 2. The topological polar surface area (TPSA) is 86.9 Å². The molecule has 1 heterocycles. The highest BCUT2D eigenvalue weighted by Gasteiger charge is 2.25. The van der Waals surface area contributed by atoms with Gasteiger partial charge in [0.05, 0.1) is 17.1 Å².